The van der Waals surface area contributed by atoms with Gasteiger partial charge in [-0.2, -0.15) is 15.8 Å². The largest absolute Gasteiger partial charge is 0.336 e. The van der Waals surface area contributed by atoms with Crippen LogP contribution in [0.1, 0.15) is 70.7 Å². The highest BCUT2D eigenvalue weighted by Crippen LogP contribution is 2.46. The number of rotatable bonds is 4. The van der Waals surface area contributed by atoms with Gasteiger partial charge in [0.1, 0.15) is 6.07 Å². The van der Waals surface area contributed by atoms with E-state index in [0.29, 0.717) is 22.6 Å². The number of aryl methyl sites for hydroxylation is 1. The number of hydrogen-bond donors (Lipinski definition) is 0. The van der Waals surface area contributed by atoms with E-state index in [1.807, 2.05) is 30.3 Å². The Morgan fingerprint density at radius 2 is 1.54 bits per heavy atom. The lowest BCUT2D eigenvalue weighted by molar-refractivity contribution is 0.681. The first kappa shape index (κ1) is 29.8. The maximum Gasteiger partial charge on any atom is 0.101 e. The fourth-order valence-corrected chi connectivity index (χ4v) is 8.64. The summed E-state index contributed by atoms with van der Waals surface area (Å²) in [5, 5.41) is 31.2. The van der Waals surface area contributed by atoms with Gasteiger partial charge in [-0.15, -0.1) is 0 Å². The molecule has 50 heavy (non-hydrogen) atoms. The van der Waals surface area contributed by atoms with Gasteiger partial charge in [0.15, 0.2) is 0 Å². The molecule has 5 aliphatic rings. The summed E-state index contributed by atoms with van der Waals surface area (Å²) >= 11 is 0. The molecule has 0 bridgehead atoms. The Morgan fingerprint density at radius 1 is 0.720 bits per heavy atom. The molecule has 1 aromatic heterocycles. The number of aromatic nitrogens is 1. The number of anilines is 1. The van der Waals surface area contributed by atoms with Crippen LogP contribution < -0.4 is 4.90 Å². The van der Waals surface area contributed by atoms with E-state index in [4.69, 9.17) is 0 Å². The van der Waals surface area contributed by atoms with Crippen molar-refractivity contribution in [2.75, 3.05) is 4.90 Å². The Morgan fingerprint density at radius 3 is 2.42 bits per heavy atom. The summed E-state index contributed by atoms with van der Waals surface area (Å²) < 4.78 is 2.29. The highest BCUT2D eigenvalue weighted by atomic mass is 15.2. The normalized spacial score (nSPS) is 21.3. The van der Waals surface area contributed by atoms with Crippen molar-refractivity contribution < 1.29 is 0 Å². The zero-order valence-electron chi connectivity index (χ0n) is 27.6. The van der Waals surface area contributed by atoms with Crippen LogP contribution in [0.15, 0.2) is 127 Å². The number of hydrogen-bond acceptors (Lipinski definition) is 4. The van der Waals surface area contributed by atoms with Gasteiger partial charge in [0.05, 0.1) is 51.8 Å². The fourth-order valence-electron chi connectivity index (χ4n) is 8.64. The van der Waals surface area contributed by atoms with E-state index in [0.717, 1.165) is 76.8 Å². The van der Waals surface area contributed by atoms with Gasteiger partial charge in [0.25, 0.3) is 0 Å². The Balaban J connectivity index is 1.13. The zero-order chi connectivity index (χ0) is 33.8. The van der Waals surface area contributed by atoms with Crippen LogP contribution in [-0.2, 0) is 6.42 Å². The molecule has 0 fully saturated rings. The molecule has 5 nitrogen and oxygen atoms in total. The molecule has 0 saturated carbocycles. The monoisotopic (exact) mass is 643 g/mol. The van der Waals surface area contributed by atoms with Crippen LogP contribution in [0.5, 0.6) is 0 Å². The summed E-state index contributed by atoms with van der Waals surface area (Å²) in [4.78, 5) is 2.40. The van der Waals surface area contributed by atoms with Crippen molar-refractivity contribution in [3.8, 4) is 23.9 Å². The highest BCUT2D eigenvalue weighted by molar-refractivity contribution is 5.92. The van der Waals surface area contributed by atoms with Crippen molar-refractivity contribution >= 4 is 28.2 Å². The summed E-state index contributed by atoms with van der Waals surface area (Å²) in [6, 6.07) is 25.7. The van der Waals surface area contributed by atoms with Crippen molar-refractivity contribution in [2.45, 2.75) is 44.1 Å². The summed E-state index contributed by atoms with van der Waals surface area (Å²) in [5.74, 6) is 0.360. The lowest BCUT2D eigenvalue weighted by atomic mass is 9.85. The number of nitrogens with zero attached hydrogens (tertiary/aromatic N) is 5. The van der Waals surface area contributed by atoms with Crippen molar-refractivity contribution in [1.82, 2.24) is 4.57 Å². The summed E-state index contributed by atoms with van der Waals surface area (Å²) in [6.07, 6.45) is 29.1. The predicted molar refractivity (Wildman–Crippen MR) is 199 cm³/mol. The van der Waals surface area contributed by atoms with Crippen LogP contribution >= 0.6 is 0 Å². The average molecular weight is 644 g/mol. The number of benzene rings is 3. The summed E-state index contributed by atoms with van der Waals surface area (Å²) in [6.45, 7) is 0. The van der Waals surface area contributed by atoms with E-state index in [9.17, 15) is 15.8 Å². The molecule has 4 aromatic rings. The molecular weight excluding hydrogens is 611 g/mol. The standard InChI is InChI=1S/C45H33N5/c46-26-29-17-20-44-39(22-29)38-12-3-6-15-43(38)50(44)45-23-30(27-47)16-19-35(45)33-9-7-8-31(24-33)32-18-21-40(34(25-32)28-48)49-41-13-4-1-10-36(41)37-11-2-5-14-42(37)49/h1-2,4,6-8,10-11,13,15-25,33,36,41H,3,5,9,12,14H2. The molecule has 0 N–H and O–H groups in total. The maximum atomic E-state index is 10.5. The minimum absolute atomic E-state index is 0.0576. The summed E-state index contributed by atoms with van der Waals surface area (Å²) in [7, 11) is 0. The second kappa shape index (κ2) is 12.0. The van der Waals surface area contributed by atoms with E-state index in [1.54, 1.807) is 0 Å². The Bertz CT molecular complexity index is 2470. The molecule has 0 radical (unpaired) electrons. The fraction of sp³-hybridized carbons (Fsp3) is 0.178. The van der Waals surface area contributed by atoms with Crippen LogP contribution in [0.4, 0.5) is 5.69 Å². The van der Waals surface area contributed by atoms with Crippen molar-refractivity contribution in [3.05, 3.63) is 166 Å². The lowest BCUT2D eigenvalue weighted by Gasteiger charge is -2.32. The van der Waals surface area contributed by atoms with E-state index in [-0.39, 0.29) is 12.0 Å². The van der Waals surface area contributed by atoms with Crippen molar-refractivity contribution in [1.29, 1.82) is 15.8 Å². The zero-order valence-corrected chi connectivity index (χ0v) is 27.6. The Labute approximate surface area is 292 Å². The van der Waals surface area contributed by atoms with Crippen LogP contribution in [0, 0.1) is 39.9 Å². The first-order valence-corrected chi connectivity index (χ1v) is 17.4. The Kier molecular flexibility index (Phi) is 7.12. The first-order valence-electron chi connectivity index (χ1n) is 17.4. The molecule has 9 rings (SSSR count). The third kappa shape index (κ3) is 4.65. The van der Waals surface area contributed by atoms with Gasteiger partial charge in [-0.1, -0.05) is 72.9 Å². The SMILES string of the molecule is N#Cc1ccc(C2C=C(c3ccc(N4C5=C(C=CCC5)C5C=CC=CC54)c(C#N)c3)C=CC2)c(-n2c3c(c4cc(C#N)ccc42)CCC=C3)c1. The molecule has 4 aliphatic carbocycles. The highest BCUT2D eigenvalue weighted by Gasteiger charge is 2.39. The second-order valence-electron chi connectivity index (χ2n) is 13.6. The molecular formula is C45H33N5. The Hall–Kier alpha value is -6.35. The predicted octanol–water partition coefficient (Wildman–Crippen LogP) is 9.87. The second-order valence-corrected chi connectivity index (χ2v) is 13.6. The van der Waals surface area contributed by atoms with Crippen molar-refractivity contribution in [2.24, 2.45) is 5.92 Å². The van der Waals surface area contributed by atoms with Gasteiger partial charge in [-0.3, -0.25) is 0 Å². The molecule has 0 spiro atoms. The molecule has 3 unspecified atom stereocenters. The molecule has 3 aromatic carbocycles. The van der Waals surface area contributed by atoms with Gasteiger partial charge in [-0.05, 0) is 108 Å². The molecule has 5 heteroatoms. The van der Waals surface area contributed by atoms with Gasteiger partial charge >= 0.3 is 0 Å². The van der Waals surface area contributed by atoms with Crippen molar-refractivity contribution in [3.63, 3.8) is 0 Å². The van der Waals surface area contributed by atoms with E-state index >= 15 is 0 Å². The molecule has 0 amide bonds. The summed E-state index contributed by atoms with van der Waals surface area (Å²) in [5.41, 5.74) is 13.2. The first-order chi connectivity index (χ1) is 24.7. The minimum atomic E-state index is 0.0576. The smallest absolute Gasteiger partial charge is 0.101 e. The van der Waals surface area contributed by atoms with Crippen LogP contribution in [0.2, 0.25) is 0 Å². The third-order valence-corrected chi connectivity index (χ3v) is 10.9. The number of allylic oxidation sites excluding steroid dienone is 10. The van der Waals surface area contributed by atoms with Gasteiger partial charge < -0.3 is 9.47 Å². The topological polar surface area (TPSA) is 79.5 Å². The minimum Gasteiger partial charge on any atom is -0.336 e. The van der Waals surface area contributed by atoms with E-state index < -0.39 is 0 Å². The molecule has 0 saturated heterocycles. The molecule has 1 aliphatic heterocycles. The number of fused-ring (bicyclic) bond motifs is 5. The van der Waals surface area contributed by atoms with Crippen LogP contribution in [-0.4, -0.2) is 10.6 Å². The van der Waals surface area contributed by atoms with Gasteiger partial charge in [0.2, 0.25) is 0 Å². The van der Waals surface area contributed by atoms with Crippen LogP contribution in [0.25, 0.3) is 28.2 Å². The van der Waals surface area contributed by atoms with Gasteiger partial charge in [0, 0.05) is 28.6 Å². The van der Waals surface area contributed by atoms with Crippen LogP contribution in [0.3, 0.4) is 0 Å². The molecule has 2 heterocycles. The molecule has 3 atom stereocenters. The van der Waals surface area contributed by atoms with E-state index in [2.05, 4.69) is 119 Å². The molecule has 238 valence electrons. The van der Waals surface area contributed by atoms with E-state index in [1.165, 1.54) is 16.8 Å². The third-order valence-electron chi connectivity index (χ3n) is 10.9. The van der Waals surface area contributed by atoms with Gasteiger partial charge in [-0.25, -0.2) is 0 Å². The maximum absolute atomic E-state index is 10.5. The quantitative estimate of drug-likeness (QED) is 0.222. The lowest BCUT2D eigenvalue weighted by Crippen LogP contribution is -2.33. The average Bonchev–Trinajstić information content (AvgIpc) is 3.70. The number of nitriles is 3.